The molecule has 1 heterocycles. The number of ketones is 1. The fourth-order valence-electron chi connectivity index (χ4n) is 4.17. The molecule has 0 spiro atoms. The number of aliphatic hydroxyl groups excluding tert-OH is 1. The molecule has 1 atom stereocenters. The molecule has 1 amide bonds. The molecule has 1 fully saturated rings. The lowest BCUT2D eigenvalue weighted by molar-refractivity contribution is -0.140. The van der Waals surface area contributed by atoms with Crippen LogP contribution in [-0.4, -0.2) is 71.6 Å². The van der Waals surface area contributed by atoms with E-state index in [-0.39, 0.29) is 29.4 Å². The quantitative estimate of drug-likeness (QED) is 0.181. The molecule has 36 heavy (non-hydrogen) atoms. The van der Waals surface area contributed by atoms with Gasteiger partial charge in [-0.15, -0.1) is 0 Å². The van der Waals surface area contributed by atoms with Gasteiger partial charge in [0, 0.05) is 18.7 Å². The van der Waals surface area contributed by atoms with Crippen LogP contribution in [0, 0.1) is 0 Å². The summed E-state index contributed by atoms with van der Waals surface area (Å²) in [4.78, 5) is 30.1. The van der Waals surface area contributed by atoms with Gasteiger partial charge in [0.2, 0.25) is 0 Å². The van der Waals surface area contributed by atoms with Gasteiger partial charge in [-0.3, -0.25) is 9.59 Å². The second-order valence-electron chi connectivity index (χ2n) is 8.20. The number of rotatable bonds is 11. The highest BCUT2D eigenvalue weighted by Crippen LogP contribution is 2.44. The number of phenols is 1. The number of phenolic OH excluding ortho intramolecular Hbond substituents is 1. The molecule has 2 aromatic carbocycles. The van der Waals surface area contributed by atoms with Gasteiger partial charge in [0.05, 0.1) is 23.2 Å². The van der Waals surface area contributed by atoms with Gasteiger partial charge in [0.1, 0.15) is 18.1 Å². The van der Waals surface area contributed by atoms with Gasteiger partial charge >= 0.3 is 0 Å². The van der Waals surface area contributed by atoms with Crippen LogP contribution >= 0.6 is 15.9 Å². The van der Waals surface area contributed by atoms with Crippen LogP contribution < -0.4 is 9.47 Å². The zero-order chi connectivity index (χ0) is 26.4. The zero-order valence-electron chi connectivity index (χ0n) is 20.7. The van der Waals surface area contributed by atoms with E-state index in [1.807, 2.05) is 13.8 Å². The van der Waals surface area contributed by atoms with E-state index in [1.165, 1.54) is 12.0 Å². The Hall–Kier alpha value is -3.30. The lowest BCUT2D eigenvalue weighted by Crippen LogP contribution is -2.38. The van der Waals surface area contributed by atoms with Gasteiger partial charge < -0.3 is 29.5 Å². The molecule has 2 N–H and O–H groups in total. The van der Waals surface area contributed by atoms with Crippen molar-refractivity contribution < 1.29 is 29.3 Å². The van der Waals surface area contributed by atoms with Crippen molar-refractivity contribution in [3.8, 4) is 17.2 Å². The normalized spacial score (nSPS) is 17.0. The van der Waals surface area contributed by atoms with Crippen LogP contribution in [0.25, 0.3) is 5.76 Å². The number of hydrogen-bond acceptors (Lipinski definition) is 7. The second kappa shape index (κ2) is 12.1. The fraction of sp³-hybridized carbons (Fsp3) is 0.333. The van der Waals surface area contributed by atoms with E-state index in [9.17, 15) is 19.8 Å². The third-order valence-electron chi connectivity index (χ3n) is 6.17. The summed E-state index contributed by atoms with van der Waals surface area (Å²) >= 11 is 3.32. The molecular weight excluding hydrogens is 528 g/mol. The molecule has 0 bridgehead atoms. The third-order valence-corrected chi connectivity index (χ3v) is 6.78. The first-order valence-corrected chi connectivity index (χ1v) is 12.5. The predicted molar refractivity (Wildman–Crippen MR) is 141 cm³/mol. The average molecular weight is 559 g/mol. The molecule has 9 heteroatoms. The van der Waals surface area contributed by atoms with Crippen LogP contribution in [0.4, 0.5) is 0 Å². The van der Waals surface area contributed by atoms with Crippen LogP contribution in [0.3, 0.4) is 0 Å². The van der Waals surface area contributed by atoms with E-state index >= 15 is 0 Å². The summed E-state index contributed by atoms with van der Waals surface area (Å²) in [5, 5.41) is 21.6. The van der Waals surface area contributed by atoms with Gasteiger partial charge in [-0.05, 0) is 71.0 Å². The Morgan fingerprint density at radius 1 is 1.19 bits per heavy atom. The minimum absolute atomic E-state index is 0.0288. The highest BCUT2D eigenvalue weighted by atomic mass is 79.9. The smallest absolute Gasteiger partial charge is 0.295 e. The summed E-state index contributed by atoms with van der Waals surface area (Å²) in [6.45, 7) is 10.4. The topological polar surface area (TPSA) is 99.5 Å². The Morgan fingerprint density at radius 3 is 2.44 bits per heavy atom. The number of carbonyl (C=O) groups is 2. The Morgan fingerprint density at radius 2 is 1.86 bits per heavy atom. The maximum atomic E-state index is 13.3. The number of ether oxygens (including phenoxy) is 2. The summed E-state index contributed by atoms with van der Waals surface area (Å²) in [7, 11) is 1.42. The van der Waals surface area contributed by atoms with E-state index < -0.39 is 17.7 Å². The number of aliphatic hydroxyl groups is 1. The standard InChI is InChI=1S/C27H31BrN2O6/c1-5-14-36-19-10-8-17(9-11-19)24(31)22-23(18-15-20(28)25(32)21(16-18)35-4)30(27(34)26(22)33)13-12-29(6-2)7-3/h5,8-11,15-16,23,31-32H,1,6-7,12-14H2,2-4H3. The van der Waals surface area contributed by atoms with Crippen LogP contribution in [0.2, 0.25) is 0 Å². The second-order valence-corrected chi connectivity index (χ2v) is 9.05. The number of likely N-dealkylation sites (N-methyl/N-ethyl adjacent to an activating group) is 1. The first kappa shape index (κ1) is 27.3. The zero-order valence-corrected chi connectivity index (χ0v) is 22.2. The van der Waals surface area contributed by atoms with E-state index in [1.54, 1.807) is 42.5 Å². The maximum Gasteiger partial charge on any atom is 0.295 e. The number of Topliss-reactive ketones (excluding diaryl/α,β-unsaturated/α-hetero) is 1. The highest BCUT2D eigenvalue weighted by molar-refractivity contribution is 9.10. The minimum atomic E-state index is -0.872. The number of halogens is 1. The number of amides is 1. The molecule has 0 aliphatic carbocycles. The lowest BCUT2D eigenvalue weighted by atomic mass is 9.95. The molecule has 0 saturated carbocycles. The Bertz CT molecular complexity index is 1160. The Labute approximate surface area is 219 Å². The van der Waals surface area contributed by atoms with Crippen LogP contribution in [0.5, 0.6) is 17.2 Å². The molecule has 1 aliphatic heterocycles. The van der Waals surface area contributed by atoms with Gasteiger partial charge in [-0.25, -0.2) is 0 Å². The van der Waals surface area contributed by atoms with Crippen molar-refractivity contribution in [2.45, 2.75) is 19.9 Å². The number of hydrogen-bond donors (Lipinski definition) is 2. The minimum Gasteiger partial charge on any atom is -0.507 e. The van der Waals surface area contributed by atoms with E-state index in [0.717, 1.165) is 13.1 Å². The van der Waals surface area contributed by atoms with E-state index in [0.29, 0.717) is 34.5 Å². The SMILES string of the molecule is C=CCOc1ccc(C(O)=C2C(=O)C(=O)N(CCN(CC)CC)C2c2cc(Br)c(O)c(OC)c2)cc1. The summed E-state index contributed by atoms with van der Waals surface area (Å²) < 4.78 is 11.1. The molecule has 1 saturated heterocycles. The first-order valence-electron chi connectivity index (χ1n) is 11.7. The third kappa shape index (κ3) is 5.57. The monoisotopic (exact) mass is 558 g/mol. The summed E-state index contributed by atoms with van der Waals surface area (Å²) in [6, 6.07) is 8.92. The van der Waals surface area contributed by atoms with Crippen molar-refractivity contribution in [1.29, 1.82) is 0 Å². The Kier molecular flexibility index (Phi) is 9.17. The van der Waals surface area contributed by atoms with Crippen molar-refractivity contribution in [1.82, 2.24) is 9.80 Å². The molecule has 192 valence electrons. The van der Waals surface area contributed by atoms with E-state index in [4.69, 9.17) is 9.47 Å². The molecule has 0 radical (unpaired) electrons. The molecule has 3 rings (SSSR count). The van der Waals surface area contributed by atoms with Crippen molar-refractivity contribution >= 4 is 33.4 Å². The highest BCUT2D eigenvalue weighted by Gasteiger charge is 2.46. The average Bonchev–Trinajstić information content (AvgIpc) is 3.14. The van der Waals surface area contributed by atoms with Crippen molar-refractivity contribution in [3.05, 3.63) is 70.2 Å². The van der Waals surface area contributed by atoms with Crippen LogP contribution in [-0.2, 0) is 9.59 Å². The summed E-state index contributed by atoms with van der Waals surface area (Å²) in [5.41, 5.74) is 0.860. The van der Waals surface area contributed by atoms with Crippen LogP contribution in [0.15, 0.2) is 59.1 Å². The van der Waals surface area contributed by atoms with Crippen molar-refractivity contribution in [2.24, 2.45) is 0 Å². The number of likely N-dealkylation sites (tertiary alicyclic amines) is 1. The van der Waals surface area contributed by atoms with Gasteiger partial charge in [-0.1, -0.05) is 26.5 Å². The first-order chi connectivity index (χ1) is 17.3. The summed E-state index contributed by atoms with van der Waals surface area (Å²) in [6.07, 6.45) is 1.62. The van der Waals surface area contributed by atoms with Gasteiger partial charge in [0.25, 0.3) is 11.7 Å². The molecule has 2 aromatic rings. The molecule has 1 unspecified atom stereocenters. The van der Waals surface area contributed by atoms with Gasteiger partial charge in [0.15, 0.2) is 11.5 Å². The maximum absolute atomic E-state index is 13.3. The van der Waals surface area contributed by atoms with Crippen molar-refractivity contribution in [2.75, 3.05) is 39.9 Å². The lowest BCUT2D eigenvalue weighted by Gasteiger charge is -2.28. The Balaban J connectivity index is 2.13. The molecule has 8 nitrogen and oxygen atoms in total. The summed E-state index contributed by atoms with van der Waals surface area (Å²) in [5.74, 6) is -1.10. The number of carbonyl (C=O) groups excluding carboxylic acids is 2. The number of methoxy groups -OCH3 is 1. The number of benzene rings is 2. The van der Waals surface area contributed by atoms with Crippen LogP contribution in [0.1, 0.15) is 31.0 Å². The largest absolute Gasteiger partial charge is 0.507 e. The predicted octanol–water partition coefficient (Wildman–Crippen LogP) is 4.49. The molecule has 1 aliphatic rings. The molecular formula is C27H31BrN2O6. The number of nitrogens with zero attached hydrogens (tertiary/aromatic N) is 2. The number of aromatic hydroxyl groups is 1. The van der Waals surface area contributed by atoms with E-state index in [2.05, 4.69) is 27.4 Å². The van der Waals surface area contributed by atoms with Gasteiger partial charge in [-0.2, -0.15) is 0 Å². The van der Waals surface area contributed by atoms with Crippen molar-refractivity contribution in [3.63, 3.8) is 0 Å². The fourth-order valence-corrected chi connectivity index (χ4v) is 4.63. The molecule has 0 aromatic heterocycles.